The lowest BCUT2D eigenvalue weighted by Crippen LogP contribution is -2.60. The van der Waals surface area contributed by atoms with E-state index < -0.39 is 0 Å². The van der Waals surface area contributed by atoms with Crippen molar-refractivity contribution in [3.05, 3.63) is 23.8 Å². The van der Waals surface area contributed by atoms with Gasteiger partial charge in [-0.3, -0.25) is 9.69 Å². The quantitative estimate of drug-likeness (QED) is 0.828. The molecule has 1 aliphatic carbocycles. The van der Waals surface area contributed by atoms with E-state index in [0.717, 1.165) is 30.9 Å². The number of likely N-dealkylation sites (tertiary alicyclic amines) is 1. The molecule has 1 saturated carbocycles. The minimum Gasteiger partial charge on any atom is -0.454 e. The Morgan fingerprint density at radius 2 is 1.80 bits per heavy atom. The molecule has 0 N–H and O–H groups in total. The maximum absolute atomic E-state index is 13.0. The number of carbonyl (C=O) groups excluding carboxylic acids is 1. The first-order valence-corrected chi connectivity index (χ1v) is 9.74. The summed E-state index contributed by atoms with van der Waals surface area (Å²) in [6.07, 6.45) is 4.69. The summed E-state index contributed by atoms with van der Waals surface area (Å²) in [6, 6.07) is 7.28. The fourth-order valence-corrected chi connectivity index (χ4v) is 5.67. The number of nitrogens with zero attached hydrogens (tertiary/aromatic N) is 2. The van der Waals surface area contributed by atoms with Crippen LogP contribution in [0, 0.1) is 11.8 Å². The monoisotopic (exact) mass is 340 g/mol. The van der Waals surface area contributed by atoms with Crippen molar-refractivity contribution in [3.63, 3.8) is 0 Å². The van der Waals surface area contributed by atoms with Crippen LogP contribution in [0.5, 0.6) is 11.5 Å². The fourth-order valence-electron chi connectivity index (χ4n) is 5.67. The Bertz CT molecular complexity index is 724. The molecule has 1 amide bonds. The van der Waals surface area contributed by atoms with Crippen LogP contribution in [0.25, 0.3) is 0 Å². The minimum absolute atomic E-state index is 0.312. The van der Waals surface area contributed by atoms with Gasteiger partial charge in [0.25, 0.3) is 0 Å². The van der Waals surface area contributed by atoms with Gasteiger partial charge in [0.1, 0.15) is 0 Å². The third-order valence-corrected chi connectivity index (χ3v) is 7.03. The first-order chi connectivity index (χ1) is 12.3. The molecule has 0 radical (unpaired) electrons. The van der Waals surface area contributed by atoms with Gasteiger partial charge in [0, 0.05) is 24.4 Å². The van der Waals surface area contributed by atoms with E-state index in [4.69, 9.17) is 9.47 Å². The zero-order chi connectivity index (χ0) is 16.5. The van der Waals surface area contributed by atoms with Crippen LogP contribution in [0.15, 0.2) is 18.2 Å². The molecule has 0 spiro atoms. The van der Waals surface area contributed by atoms with Crippen LogP contribution in [0.2, 0.25) is 0 Å². The SMILES string of the molecule is O=C(C1CC1)N1C[C@H](c2ccc3c(c2)OCO3)[C@@H]2[C@H]1C1CCN2CC1. The highest BCUT2D eigenvalue weighted by atomic mass is 16.7. The predicted octanol–water partition coefficient (Wildman–Crippen LogP) is 2.21. The fraction of sp³-hybridized carbons (Fsp3) is 0.650. The molecule has 0 unspecified atom stereocenters. The maximum atomic E-state index is 13.0. The zero-order valence-corrected chi connectivity index (χ0v) is 14.4. The summed E-state index contributed by atoms with van der Waals surface area (Å²) in [5.41, 5.74) is 1.30. The van der Waals surface area contributed by atoms with Gasteiger partial charge in [0.2, 0.25) is 12.7 Å². The molecule has 5 heterocycles. The third-order valence-electron chi connectivity index (χ3n) is 7.03. The van der Waals surface area contributed by atoms with Gasteiger partial charge >= 0.3 is 0 Å². The molecule has 5 heteroatoms. The lowest BCUT2D eigenvalue weighted by atomic mass is 9.75. The first-order valence-electron chi connectivity index (χ1n) is 9.74. The second-order valence-electron chi connectivity index (χ2n) is 8.34. The van der Waals surface area contributed by atoms with E-state index in [2.05, 4.69) is 21.9 Å². The number of rotatable bonds is 2. The molecular formula is C20H24N2O3. The van der Waals surface area contributed by atoms with E-state index in [1.807, 2.05) is 6.07 Å². The van der Waals surface area contributed by atoms with Gasteiger partial charge in [-0.25, -0.2) is 0 Å². The number of ether oxygens (including phenoxy) is 2. The highest BCUT2D eigenvalue weighted by Gasteiger charge is 2.55. The van der Waals surface area contributed by atoms with E-state index in [1.165, 1.54) is 31.5 Å². The number of amides is 1. The second-order valence-corrected chi connectivity index (χ2v) is 8.34. The van der Waals surface area contributed by atoms with E-state index in [-0.39, 0.29) is 0 Å². The Morgan fingerprint density at radius 3 is 2.60 bits per heavy atom. The molecule has 1 aromatic carbocycles. The lowest BCUT2D eigenvalue weighted by molar-refractivity contribution is -0.137. The topological polar surface area (TPSA) is 42.0 Å². The molecule has 25 heavy (non-hydrogen) atoms. The van der Waals surface area contributed by atoms with Crippen LogP contribution in [0.3, 0.4) is 0 Å². The summed E-state index contributed by atoms with van der Waals surface area (Å²) in [6.45, 7) is 3.57. The van der Waals surface area contributed by atoms with Crippen LogP contribution in [0.1, 0.15) is 37.2 Å². The third kappa shape index (κ3) is 2.08. The molecule has 3 atom stereocenters. The smallest absolute Gasteiger partial charge is 0.231 e. The summed E-state index contributed by atoms with van der Waals surface area (Å²) in [4.78, 5) is 17.9. The zero-order valence-electron chi connectivity index (χ0n) is 14.4. The molecule has 5 fully saturated rings. The van der Waals surface area contributed by atoms with Crippen molar-refractivity contribution >= 4 is 5.91 Å². The Labute approximate surface area is 147 Å². The number of fused-ring (bicyclic) bond motifs is 3. The highest BCUT2D eigenvalue weighted by Crippen LogP contribution is 2.49. The van der Waals surface area contributed by atoms with Crippen molar-refractivity contribution in [3.8, 4) is 11.5 Å². The molecule has 6 aliphatic rings. The number of hydrogen-bond donors (Lipinski definition) is 0. The van der Waals surface area contributed by atoms with Crippen LogP contribution < -0.4 is 9.47 Å². The summed E-state index contributed by atoms with van der Waals surface area (Å²) in [5, 5.41) is 0. The van der Waals surface area contributed by atoms with E-state index in [1.54, 1.807) is 0 Å². The van der Waals surface area contributed by atoms with Gasteiger partial charge < -0.3 is 14.4 Å². The van der Waals surface area contributed by atoms with Crippen molar-refractivity contribution in [2.75, 3.05) is 26.4 Å². The van der Waals surface area contributed by atoms with Crippen LogP contribution >= 0.6 is 0 Å². The van der Waals surface area contributed by atoms with Gasteiger partial charge in [0.15, 0.2) is 11.5 Å². The van der Waals surface area contributed by atoms with Gasteiger partial charge in [-0.05, 0) is 62.4 Å². The average Bonchev–Trinajstić information content (AvgIpc) is 3.25. The Kier molecular flexibility index (Phi) is 2.96. The maximum Gasteiger partial charge on any atom is 0.231 e. The first kappa shape index (κ1) is 14.4. The van der Waals surface area contributed by atoms with Crippen LogP contribution in [0.4, 0.5) is 0 Å². The number of carbonyl (C=O) groups is 1. The van der Waals surface area contributed by atoms with Gasteiger partial charge in [-0.15, -0.1) is 0 Å². The number of hydrogen-bond acceptors (Lipinski definition) is 4. The summed E-state index contributed by atoms with van der Waals surface area (Å²) in [7, 11) is 0. The van der Waals surface area contributed by atoms with E-state index >= 15 is 0 Å². The molecule has 4 saturated heterocycles. The van der Waals surface area contributed by atoms with Crippen LogP contribution in [-0.2, 0) is 4.79 Å². The highest BCUT2D eigenvalue weighted by molar-refractivity contribution is 5.82. The van der Waals surface area contributed by atoms with Crippen molar-refractivity contribution < 1.29 is 14.3 Å². The van der Waals surface area contributed by atoms with Crippen molar-refractivity contribution in [2.45, 2.75) is 43.7 Å². The predicted molar refractivity (Wildman–Crippen MR) is 91.6 cm³/mol. The summed E-state index contributed by atoms with van der Waals surface area (Å²) in [5.74, 6) is 3.52. The second kappa shape index (κ2) is 5.13. The standard InChI is InChI=1S/C20H24N2O3/c23-20(13-1-2-13)22-10-15(14-3-4-16-17(9-14)25-11-24-16)19-18(22)12-5-7-21(19)8-6-12/h3-4,9,12-13,15,18-19H,1-2,5-8,10-11H2/t15-,18-,19-/m1/s1. The minimum atomic E-state index is 0.312. The summed E-state index contributed by atoms with van der Waals surface area (Å²) < 4.78 is 11.1. The molecule has 132 valence electrons. The average molecular weight is 340 g/mol. The molecule has 7 rings (SSSR count). The van der Waals surface area contributed by atoms with Crippen molar-refractivity contribution in [1.29, 1.82) is 0 Å². The Hall–Kier alpha value is -1.75. The Morgan fingerprint density at radius 1 is 1.00 bits per heavy atom. The van der Waals surface area contributed by atoms with E-state index in [9.17, 15) is 4.79 Å². The molecule has 0 aromatic heterocycles. The molecule has 5 nitrogen and oxygen atoms in total. The number of piperidine rings is 3. The normalized spacial score (nSPS) is 38.1. The summed E-state index contributed by atoms with van der Waals surface area (Å²) >= 11 is 0. The molecule has 5 aliphatic heterocycles. The largest absolute Gasteiger partial charge is 0.454 e. The van der Waals surface area contributed by atoms with Gasteiger partial charge in [-0.2, -0.15) is 0 Å². The Balaban J connectivity index is 1.38. The van der Waals surface area contributed by atoms with Crippen LogP contribution in [-0.4, -0.2) is 54.2 Å². The lowest BCUT2D eigenvalue weighted by Gasteiger charge is -2.51. The van der Waals surface area contributed by atoms with Crippen molar-refractivity contribution in [2.24, 2.45) is 11.8 Å². The molecule has 2 bridgehead atoms. The van der Waals surface area contributed by atoms with Gasteiger partial charge in [0.05, 0.1) is 6.04 Å². The van der Waals surface area contributed by atoms with Gasteiger partial charge in [-0.1, -0.05) is 6.07 Å². The van der Waals surface area contributed by atoms with E-state index in [0.29, 0.717) is 42.5 Å². The molecule has 1 aromatic rings. The number of benzene rings is 1. The van der Waals surface area contributed by atoms with Crippen molar-refractivity contribution in [1.82, 2.24) is 9.80 Å². The molecular weight excluding hydrogens is 316 g/mol.